The van der Waals surface area contributed by atoms with Gasteiger partial charge < -0.3 is 10.1 Å². The highest BCUT2D eigenvalue weighted by atomic mass is 32.2. The van der Waals surface area contributed by atoms with Crippen molar-refractivity contribution in [3.8, 4) is 5.75 Å². The minimum atomic E-state index is -3.59. The second-order valence-corrected chi connectivity index (χ2v) is 8.44. The Hall–Kier alpha value is -2.54. The quantitative estimate of drug-likeness (QED) is 0.749. The van der Waals surface area contributed by atoms with E-state index in [0.717, 1.165) is 22.5 Å². The van der Waals surface area contributed by atoms with Gasteiger partial charge in [0.1, 0.15) is 12.3 Å². The highest BCUT2D eigenvalue weighted by Gasteiger charge is 2.20. The third-order valence-corrected chi connectivity index (χ3v) is 4.97. The molecule has 0 aliphatic rings. The fourth-order valence-electron chi connectivity index (χ4n) is 2.52. The molecule has 0 saturated carbocycles. The van der Waals surface area contributed by atoms with Crippen LogP contribution in [0.25, 0.3) is 0 Å². The third kappa shape index (κ3) is 6.29. The van der Waals surface area contributed by atoms with Crippen molar-refractivity contribution >= 4 is 27.3 Å². The molecule has 0 fully saturated rings. The van der Waals surface area contributed by atoms with Crippen LogP contribution in [0.1, 0.15) is 26.3 Å². The van der Waals surface area contributed by atoms with E-state index in [2.05, 4.69) is 5.32 Å². The van der Waals surface area contributed by atoms with E-state index in [9.17, 15) is 13.2 Å². The zero-order valence-corrected chi connectivity index (χ0v) is 16.9. The molecule has 146 valence electrons. The molecular weight excluding hydrogens is 364 g/mol. The maximum atomic E-state index is 12.4. The first kappa shape index (κ1) is 20.8. The van der Waals surface area contributed by atoms with Crippen molar-refractivity contribution in [1.29, 1.82) is 0 Å². The molecule has 0 aliphatic carbocycles. The van der Waals surface area contributed by atoms with Crippen LogP contribution in [0.5, 0.6) is 5.75 Å². The number of sulfonamides is 1. The van der Waals surface area contributed by atoms with E-state index in [-0.39, 0.29) is 12.6 Å². The highest BCUT2D eigenvalue weighted by Crippen LogP contribution is 2.20. The summed E-state index contributed by atoms with van der Waals surface area (Å²) in [5.41, 5.74) is 2.14. The van der Waals surface area contributed by atoms with Crippen LogP contribution in [0.15, 0.2) is 48.5 Å². The number of amides is 1. The molecule has 2 aromatic carbocycles. The van der Waals surface area contributed by atoms with Crippen molar-refractivity contribution in [2.75, 3.05) is 22.4 Å². The van der Waals surface area contributed by atoms with Gasteiger partial charge in [-0.05, 0) is 62.2 Å². The van der Waals surface area contributed by atoms with Crippen LogP contribution < -0.4 is 14.4 Å². The predicted molar refractivity (Wildman–Crippen MR) is 109 cm³/mol. The first-order valence-electron chi connectivity index (χ1n) is 8.82. The first-order valence-corrected chi connectivity index (χ1v) is 10.7. The van der Waals surface area contributed by atoms with Crippen molar-refractivity contribution in [3.63, 3.8) is 0 Å². The number of benzene rings is 2. The molecule has 0 spiro atoms. The Morgan fingerprint density at radius 2 is 1.67 bits per heavy atom. The summed E-state index contributed by atoms with van der Waals surface area (Å²) < 4.78 is 31.0. The van der Waals surface area contributed by atoms with Crippen molar-refractivity contribution in [3.05, 3.63) is 54.1 Å². The number of nitrogens with one attached hydrogen (secondary N) is 1. The molecule has 0 radical (unpaired) electrons. The zero-order valence-electron chi connectivity index (χ0n) is 16.1. The van der Waals surface area contributed by atoms with Crippen molar-refractivity contribution in [2.24, 2.45) is 0 Å². The smallest absolute Gasteiger partial charge is 0.245 e. The number of carbonyl (C=O) groups excluding carboxylic acids is 1. The fourth-order valence-corrected chi connectivity index (χ4v) is 3.37. The molecule has 27 heavy (non-hydrogen) atoms. The number of carbonyl (C=O) groups is 1. The van der Waals surface area contributed by atoms with Crippen LogP contribution in [0.4, 0.5) is 11.4 Å². The molecule has 1 amide bonds. The van der Waals surface area contributed by atoms with Crippen LogP contribution in [0.3, 0.4) is 0 Å². The Morgan fingerprint density at radius 3 is 2.15 bits per heavy atom. The standard InChI is InChI=1S/C20H26N2O4S/c1-5-16-6-10-18(11-7-16)22(27(4,24)25)14-20(23)21-17-8-12-19(13-9-17)26-15(2)3/h6-13,15H,5,14H2,1-4H3,(H,21,23). The van der Waals surface area contributed by atoms with E-state index in [1.165, 1.54) is 0 Å². The Labute approximate surface area is 161 Å². The molecule has 0 aliphatic heterocycles. The number of rotatable bonds is 8. The third-order valence-electron chi connectivity index (χ3n) is 3.83. The SMILES string of the molecule is CCc1ccc(N(CC(=O)Nc2ccc(OC(C)C)cc2)S(C)(=O)=O)cc1. The lowest BCUT2D eigenvalue weighted by atomic mass is 10.1. The Kier molecular flexibility index (Phi) is 6.85. The zero-order chi connectivity index (χ0) is 20.0. The second-order valence-electron chi connectivity index (χ2n) is 6.53. The van der Waals surface area contributed by atoms with Gasteiger partial charge in [-0.3, -0.25) is 9.10 Å². The maximum Gasteiger partial charge on any atom is 0.245 e. The highest BCUT2D eigenvalue weighted by molar-refractivity contribution is 7.92. The van der Waals surface area contributed by atoms with Gasteiger partial charge in [-0.15, -0.1) is 0 Å². The van der Waals surface area contributed by atoms with Gasteiger partial charge in [0.25, 0.3) is 0 Å². The number of hydrogen-bond donors (Lipinski definition) is 1. The van der Waals surface area contributed by atoms with Gasteiger partial charge >= 0.3 is 0 Å². The van der Waals surface area contributed by atoms with Crippen LogP contribution in [-0.2, 0) is 21.2 Å². The van der Waals surface area contributed by atoms with Gasteiger partial charge in [0.15, 0.2) is 0 Å². The van der Waals surface area contributed by atoms with Crippen LogP contribution in [-0.4, -0.2) is 33.2 Å². The van der Waals surface area contributed by atoms with Crippen molar-refractivity contribution in [1.82, 2.24) is 0 Å². The number of anilines is 2. The summed E-state index contributed by atoms with van der Waals surface area (Å²) in [7, 11) is -3.59. The molecular formula is C20H26N2O4S. The van der Waals surface area contributed by atoms with E-state index in [1.807, 2.05) is 32.9 Å². The number of ether oxygens (including phenoxy) is 1. The minimum absolute atomic E-state index is 0.0628. The van der Waals surface area contributed by atoms with E-state index in [1.54, 1.807) is 36.4 Å². The summed E-state index contributed by atoms with van der Waals surface area (Å²) in [4.78, 5) is 12.4. The molecule has 0 atom stereocenters. The Balaban J connectivity index is 2.09. The van der Waals surface area contributed by atoms with Crippen LogP contribution >= 0.6 is 0 Å². The van der Waals surface area contributed by atoms with E-state index in [0.29, 0.717) is 17.1 Å². The molecule has 0 bridgehead atoms. The first-order chi connectivity index (χ1) is 12.7. The Morgan fingerprint density at radius 1 is 1.07 bits per heavy atom. The lowest BCUT2D eigenvalue weighted by molar-refractivity contribution is -0.114. The molecule has 6 nitrogen and oxygen atoms in total. The molecule has 2 rings (SSSR count). The van der Waals surface area contributed by atoms with Crippen LogP contribution in [0, 0.1) is 0 Å². The van der Waals surface area contributed by atoms with Gasteiger partial charge in [0, 0.05) is 5.69 Å². The summed E-state index contributed by atoms with van der Waals surface area (Å²) in [6.45, 7) is 5.59. The van der Waals surface area contributed by atoms with Gasteiger partial charge in [0.2, 0.25) is 15.9 Å². The molecule has 0 saturated heterocycles. The summed E-state index contributed by atoms with van der Waals surface area (Å²) in [6, 6.07) is 14.1. The molecule has 0 aromatic heterocycles. The molecule has 2 aromatic rings. The largest absolute Gasteiger partial charge is 0.491 e. The summed E-state index contributed by atoms with van der Waals surface area (Å²) >= 11 is 0. The van der Waals surface area contributed by atoms with Crippen LogP contribution in [0.2, 0.25) is 0 Å². The number of hydrogen-bond acceptors (Lipinski definition) is 4. The maximum absolute atomic E-state index is 12.4. The molecule has 7 heteroatoms. The van der Waals surface area contributed by atoms with Crippen molar-refractivity contribution < 1.29 is 17.9 Å². The summed E-state index contributed by atoms with van der Waals surface area (Å²) in [5.74, 6) is 0.286. The number of nitrogens with zero attached hydrogens (tertiary/aromatic N) is 1. The second kappa shape index (κ2) is 8.90. The lowest BCUT2D eigenvalue weighted by Gasteiger charge is -2.22. The summed E-state index contributed by atoms with van der Waals surface area (Å²) in [6.07, 6.45) is 2.01. The average Bonchev–Trinajstić information content (AvgIpc) is 2.60. The molecule has 0 unspecified atom stereocenters. The molecule has 0 heterocycles. The Bertz CT molecular complexity index is 860. The average molecular weight is 391 g/mol. The van der Waals surface area contributed by atoms with Gasteiger partial charge in [-0.1, -0.05) is 19.1 Å². The number of aryl methyl sites for hydroxylation is 1. The monoisotopic (exact) mass is 390 g/mol. The van der Waals surface area contributed by atoms with Gasteiger partial charge in [0.05, 0.1) is 18.0 Å². The molecule has 1 N–H and O–H groups in total. The van der Waals surface area contributed by atoms with Crippen molar-refractivity contribution in [2.45, 2.75) is 33.3 Å². The fraction of sp³-hybridized carbons (Fsp3) is 0.350. The normalized spacial score (nSPS) is 11.3. The van der Waals surface area contributed by atoms with E-state index >= 15 is 0 Å². The summed E-state index contributed by atoms with van der Waals surface area (Å²) in [5, 5.41) is 2.72. The lowest BCUT2D eigenvalue weighted by Crippen LogP contribution is -2.37. The van der Waals surface area contributed by atoms with E-state index in [4.69, 9.17) is 4.74 Å². The topological polar surface area (TPSA) is 75.7 Å². The van der Waals surface area contributed by atoms with Gasteiger partial charge in [-0.2, -0.15) is 0 Å². The van der Waals surface area contributed by atoms with Gasteiger partial charge in [-0.25, -0.2) is 8.42 Å². The minimum Gasteiger partial charge on any atom is -0.491 e. The predicted octanol–water partition coefficient (Wildman–Crippen LogP) is 3.44. The van der Waals surface area contributed by atoms with E-state index < -0.39 is 15.9 Å².